The highest BCUT2D eigenvalue weighted by atomic mass is 19.4. The lowest BCUT2D eigenvalue weighted by molar-refractivity contribution is -0.142. The van der Waals surface area contributed by atoms with Crippen LogP contribution in [0.25, 0.3) is 22.6 Å². The lowest BCUT2D eigenvalue weighted by Crippen LogP contribution is -2.14. The van der Waals surface area contributed by atoms with Gasteiger partial charge in [0, 0.05) is 11.6 Å². The summed E-state index contributed by atoms with van der Waals surface area (Å²) in [6, 6.07) is 8.69. The molecule has 3 aromatic rings. The maximum atomic E-state index is 13.3. The van der Waals surface area contributed by atoms with E-state index in [1.165, 1.54) is 0 Å². The van der Waals surface area contributed by atoms with E-state index >= 15 is 0 Å². The van der Waals surface area contributed by atoms with Crippen molar-refractivity contribution in [2.24, 2.45) is 0 Å². The van der Waals surface area contributed by atoms with Gasteiger partial charge in [0.1, 0.15) is 0 Å². The Morgan fingerprint density at radius 2 is 1.64 bits per heavy atom. The molecule has 0 spiro atoms. The Labute approximate surface area is 159 Å². The average Bonchev–Trinajstić information content (AvgIpc) is 2.96. The molecule has 9 heteroatoms. The number of halogens is 3. The van der Waals surface area contributed by atoms with Crippen LogP contribution < -0.4 is 0 Å². The Morgan fingerprint density at radius 1 is 1.11 bits per heavy atom. The van der Waals surface area contributed by atoms with Crippen LogP contribution in [0.5, 0.6) is 0 Å². The standard InChI is InChI=1S/C15H10F3N3O2.C4H10N/c1-8-2-4-9(5-3-8)10-6-12(15(16,17)18)21-13(19-10)7-11(20-21)14(22)23;1-4(2,3)5/h2-7H,1H3,(H,22,23);5H,1-3H3/q;-1. The highest BCUT2D eigenvalue weighted by Gasteiger charge is 2.35. The lowest BCUT2D eigenvalue weighted by Gasteiger charge is -2.20. The lowest BCUT2D eigenvalue weighted by atomic mass is 10.1. The Balaban J connectivity index is 0.000000500. The maximum Gasteiger partial charge on any atom is 0.433 e. The zero-order chi connectivity index (χ0) is 21.3. The van der Waals surface area contributed by atoms with Crippen LogP contribution in [0.15, 0.2) is 36.4 Å². The first kappa shape index (κ1) is 21.4. The van der Waals surface area contributed by atoms with Crippen LogP contribution >= 0.6 is 0 Å². The third kappa shape index (κ3) is 5.53. The quantitative estimate of drug-likeness (QED) is 0.643. The third-order valence-electron chi connectivity index (χ3n) is 3.28. The predicted octanol–water partition coefficient (Wildman–Crippen LogP) is 5.26. The minimum atomic E-state index is -4.69. The summed E-state index contributed by atoms with van der Waals surface area (Å²) < 4.78 is 40.3. The molecule has 0 aliphatic heterocycles. The number of rotatable bonds is 2. The van der Waals surface area contributed by atoms with Crippen molar-refractivity contribution < 1.29 is 23.1 Å². The number of benzene rings is 1. The van der Waals surface area contributed by atoms with Crippen molar-refractivity contribution in [3.8, 4) is 11.3 Å². The van der Waals surface area contributed by atoms with Crippen molar-refractivity contribution in [2.45, 2.75) is 39.4 Å². The minimum Gasteiger partial charge on any atom is -0.673 e. The van der Waals surface area contributed by atoms with Crippen molar-refractivity contribution in [1.29, 1.82) is 0 Å². The zero-order valence-corrected chi connectivity index (χ0v) is 15.8. The van der Waals surface area contributed by atoms with Crippen LogP contribution in [0.2, 0.25) is 0 Å². The number of hydrogen-bond acceptors (Lipinski definition) is 3. The normalized spacial score (nSPS) is 11.9. The highest BCUT2D eigenvalue weighted by Crippen LogP contribution is 2.32. The largest absolute Gasteiger partial charge is 0.673 e. The van der Waals surface area contributed by atoms with Gasteiger partial charge in [-0.15, -0.1) is 5.54 Å². The fraction of sp³-hybridized carbons (Fsp3) is 0.316. The number of nitrogens with one attached hydrogen (secondary N) is 1. The molecule has 2 aromatic heterocycles. The van der Waals surface area contributed by atoms with Gasteiger partial charge >= 0.3 is 12.1 Å². The molecule has 0 aliphatic carbocycles. The maximum absolute atomic E-state index is 13.3. The van der Waals surface area contributed by atoms with Crippen LogP contribution in [0.3, 0.4) is 0 Å². The van der Waals surface area contributed by atoms with Gasteiger partial charge in [-0.1, -0.05) is 50.6 Å². The summed E-state index contributed by atoms with van der Waals surface area (Å²) in [5, 5.41) is 12.4. The number of fused-ring (bicyclic) bond motifs is 1. The van der Waals surface area contributed by atoms with Gasteiger partial charge in [-0.05, 0) is 13.0 Å². The van der Waals surface area contributed by atoms with E-state index in [2.05, 4.69) is 10.1 Å². The van der Waals surface area contributed by atoms with Crippen LogP contribution in [-0.4, -0.2) is 31.2 Å². The van der Waals surface area contributed by atoms with Gasteiger partial charge < -0.3 is 10.8 Å². The molecule has 0 aliphatic rings. The molecule has 1 aromatic carbocycles. The summed E-state index contributed by atoms with van der Waals surface area (Å²) in [5.74, 6) is -1.42. The van der Waals surface area contributed by atoms with E-state index in [4.69, 9.17) is 10.8 Å². The van der Waals surface area contributed by atoms with Gasteiger partial charge in [0.25, 0.3) is 0 Å². The summed E-state index contributed by atoms with van der Waals surface area (Å²) >= 11 is 0. The molecule has 150 valence electrons. The van der Waals surface area contributed by atoms with Gasteiger partial charge in [0.15, 0.2) is 17.0 Å². The first-order chi connectivity index (χ1) is 12.8. The first-order valence-electron chi connectivity index (χ1n) is 8.29. The van der Waals surface area contributed by atoms with E-state index in [-0.39, 0.29) is 16.9 Å². The van der Waals surface area contributed by atoms with Gasteiger partial charge in [-0.3, -0.25) is 0 Å². The molecule has 2 N–H and O–H groups in total. The Bertz CT molecular complexity index is 981. The molecule has 0 radical (unpaired) electrons. The van der Waals surface area contributed by atoms with Crippen molar-refractivity contribution in [3.63, 3.8) is 0 Å². The Hall–Kier alpha value is -2.94. The smallest absolute Gasteiger partial charge is 0.433 e. The molecule has 0 bridgehead atoms. The second kappa shape index (κ2) is 7.59. The molecule has 2 heterocycles. The monoisotopic (exact) mass is 393 g/mol. The number of carboxylic acid groups (broad SMARTS) is 1. The number of alkyl halides is 3. The van der Waals surface area contributed by atoms with Crippen LogP contribution in [0, 0.1) is 6.92 Å². The zero-order valence-electron chi connectivity index (χ0n) is 15.8. The fourth-order valence-corrected chi connectivity index (χ4v) is 2.15. The Morgan fingerprint density at radius 3 is 2.11 bits per heavy atom. The third-order valence-corrected chi connectivity index (χ3v) is 3.28. The van der Waals surface area contributed by atoms with Gasteiger partial charge in [0.2, 0.25) is 0 Å². The number of hydrogen-bond donors (Lipinski definition) is 1. The van der Waals surface area contributed by atoms with Crippen LogP contribution in [0.1, 0.15) is 42.5 Å². The molecule has 0 unspecified atom stereocenters. The predicted molar refractivity (Wildman–Crippen MR) is 99.2 cm³/mol. The average molecular weight is 393 g/mol. The topological polar surface area (TPSA) is 91.3 Å². The molecule has 28 heavy (non-hydrogen) atoms. The summed E-state index contributed by atoms with van der Waals surface area (Å²) in [6.45, 7) is 7.42. The van der Waals surface area contributed by atoms with Crippen LogP contribution in [-0.2, 0) is 6.18 Å². The van der Waals surface area contributed by atoms with Gasteiger partial charge in [-0.2, -0.15) is 18.3 Å². The van der Waals surface area contributed by atoms with E-state index in [1.807, 2.05) is 27.7 Å². The molecule has 3 rings (SSSR count). The molecule has 0 atom stereocenters. The van der Waals surface area contributed by atoms with Gasteiger partial charge in [0.05, 0.1) is 5.69 Å². The van der Waals surface area contributed by atoms with Gasteiger partial charge in [-0.25, -0.2) is 14.3 Å². The number of aryl methyl sites for hydroxylation is 1. The molecule has 0 amide bonds. The molecule has 0 fully saturated rings. The molecular formula is C19H20F3N4O2-. The van der Waals surface area contributed by atoms with E-state index < -0.39 is 23.5 Å². The first-order valence-corrected chi connectivity index (χ1v) is 8.29. The van der Waals surface area contributed by atoms with Crippen molar-refractivity contribution >= 4 is 11.6 Å². The highest BCUT2D eigenvalue weighted by molar-refractivity contribution is 5.86. The fourth-order valence-electron chi connectivity index (χ4n) is 2.15. The van der Waals surface area contributed by atoms with Crippen LogP contribution in [0.4, 0.5) is 13.2 Å². The number of carboxylic acids is 1. The van der Waals surface area contributed by atoms with Crippen molar-refractivity contribution in [3.05, 3.63) is 59.1 Å². The molecule has 6 nitrogen and oxygen atoms in total. The molecule has 0 saturated carbocycles. The number of carbonyl (C=O) groups is 1. The number of nitrogens with zero attached hydrogens (tertiary/aromatic N) is 3. The number of aromatic nitrogens is 3. The van der Waals surface area contributed by atoms with Crippen molar-refractivity contribution in [1.82, 2.24) is 14.6 Å². The number of aromatic carboxylic acids is 1. The van der Waals surface area contributed by atoms with Crippen molar-refractivity contribution in [2.75, 3.05) is 0 Å². The molecular weight excluding hydrogens is 373 g/mol. The summed E-state index contributed by atoms with van der Waals surface area (Å²) in [7, 11) is 0. The summed E-state index contributed by atoms with van der Waals surface area (Å²) in [6.07, 6.45) is -4.69. The summed E-state index contributed by atoms with van der Waals surface area (Å²) in [4.78, 5) is 15.0. The SMILES string of the molecule is CC(C)(C)[NH-].Cc1ccc(-c2cc(C(F)(F)F)n3nc(C(=O)O)cc3n2)cc1. The Kier molecular flexibility index (Phi) is 5.79. The second-order valence-corrected chi connectivity index (χ2v) is 7.25. The second-order valence-electron chi connectivity index (χ2n) is 7.25. The van der Waals surface area contributed by atoms with E-state index in [0.717, 1.165) is 17.7 Å². The summed E-state index contributed by atoms with van der Waals surface area (Å²) in [5.41, 5.74) is 6.50. The minimum absolute atomic E-state index is 0.0988. The van der Waals surface area contributed by atoms with E-state index in [0.29, 0.717) is 10.1 Å². The molecule has 0 saturated heterocycles. The van der Waals surface area contributed by atoms with E-state index in [9.17, 15) is 18.0 Å². The van der Waals surface area contributed by atoms with E-state index in [1.54, 1.807) is 24.3 Å².